The molecule has 1 aromatic carbocycles. The van der Waals surface area contributed by atoms with Crippen LogP contribution in [0.1, 0.15) is 29.5 Å². The van der Waals surface area contributed by atoms with Crippen LogP contribution in [0.5, 0.6) is 0 Å². The molecule has 0 radical (unpaired) electrons. The molecule has 13 heavy (non-hydrogen) atoms. The van der Waals surface area contributed by atoms with E-state index in [2.05, 4.69) is 32.0 Å². The molecule has 0 spiro atoms. The number of rotatable bonds is 2. The SMILES string of the molecule is Cc1ccc(C2(CN)CC2)c(C)c1. The first-order valence-corrected chi connectivity index (χ1v) is 4.96. The zero-order chi connectivity index (χ0) is 9.47. The average Bonchev–Trinajstić information content (AvgIpc) is 2.85. The molecule has 0 saturated heterocycles. The second-order valence-corrected chi connectivity index (χ2v) is 4.30. The van der Waals surface area contributed by atoms with E-state index >= 15 is 0 Å². The molecular formula is C12H17N. The third-order valence-corrected chi connectivity index (χ3v) is 3.20. The molecule has 0 heterocycles. The van der Waals surface area contributed by atoms with Gasteiger partial charge in [-0.3, -0.25) is 0 Å². The minimum atomic E-state index is 0.345. The smallest absolute Gasteiger partial charge is 0.00788 e. The van der Waals surface area contributed by atoms with Gasteiger partial charge in [-0.05, 0) is 37.8 Å². The maximum atomic E-state index is 5.81. The lowest BCUT2D eigenvalue weighted by atomic mass is 9.91. The molecule has 2 rings (SSSR count). The van der Waals surface area contributed by atoms with Crippen LogP contribution in [0.3, 0.4) is 0 Å². The summed E-state index contributed by atoms with van der Waals surface area (Å²) in [6.45, 7) is 5.13. The van der Waals surface area contributed by atoms with Crippen molar-refractivity contribution < 1.29 is 0 Å². The molecule has 0 bridgehead atoms. The Morgan fingerprint density at radius 3 is 2.46 bits per heavy atom. The molecule has 0 amide bonds. The van der Waals surface area contributed by atoms with E-state index in [0.717, 1.165) is 6.54 Å². The predicted octanol–water partition coefficient (Wildman–Crippen LogP) is 2.29. The van der Waals surface area contributed by atoms with Gasteiger partial charge in [-0.1, -0.05) is 23.8 Å². The molecule has 1 saturated carbocycles. The minimum absolute atomic E-state index is 0.345. The monoisotopic (exact) mass is 175 g/mol. The summed E-state index contributed by atoms with van der Waals surface area (Å²) in [6.07, 6.45) is 2.54. The van der Waals surface area contributed by atoms with E-state index in [4.69, 9.17) is 5.73 Å². The normalized spacial score (nSPS) is 18.7. The molecule has 1 nitrogen and oxygen atoms in total. The van der Waals surface area contributed by atoms with E-state index in [1.807, 2.05) is 0 Å². The van der Waals surface area contributed by atoms with Gasteiger partial charge in [0.1, 0.15) is 0 Å². The fraction of sp³-hybridized carbons (Fsp3) is 0.500. The number of benzene rings is 1. The van der Waals surface area contributed by atoms with Crippen molar-refractivity contribution in [1.29, 1.82) is 0 Å². The quantitative estimate of drug-likeness (QED) is 0.733. The van der Waals surface area contributed by atoms with Crippen molar-refractivity contribution in [2.75, 3.05) is 6.54 Å². The van der Waals surface area contributed by atoms with Gasteiger partial charge in [0.15, 0.2) is 0 Å². The molecule has 0 aromatic heterocycles. The van der Waals surface area contributed by atoms with Gasteiger partial charge in [0.25, 0.3) is 0 Å². The Hall–Kier alpha value is -0.820. The van der Waals surface area contributed by atoms with E-state index in [1.165, 1.54) is 29.5 Å². The highest BCUT2D eigenvalue weighted by molar-refractivity contribution is 5.40. The molecule has 2 N–H and O–H groups in total. The van der Waals surface area contributed by atoms with E-state index < -0.39 is 0 Å². The topological polar surface area (TPSA) is 26.0 Å². The van der Waals surface area contributed by atoms with Crippen molar-refractivity contribution in [1.82, 2.24) is 0 Å². The van der Waals surface area contributed by atoms with Crippen molar-refractivity contribution in [3.8, 4) is 0 Å². The van der Waals surface area contributed by atoms with Gasteiger partial charge in [0.05, 0.1) is 0 Å². The highest BCUT2D eigenvalue weighted by atomic mass is 14.7. The molecular weight excluding hydrogens is 158 g/mol. The summed E-state index contributed by atoms with van der Waals surface area (Å²) in [4.78, 5) is 0. The summed E-state index contributed by atoms with van der Waals surface area (Å²) in [7, 11) is 0. The highest BCUT2D eigenvalue weighted by Gasteiger charge is 2.43. The zero-order valence-electron chi connectivity index (χ0n) is 8.43. The van der Waals surface area contributed by atoms with Gasteiger partial charge in [-0.25, -0.2) is 0 Å². The second kappa shape index (κ2) is 2.85. The Balaban J connectivity index is 2.41. The van der Waals surface area contributed by atoms with Gasteiger partial charge in [-0.15, -0.1) is 0 Å². The standard InChI is InChI=1S/C12H17N/c1-9-3-4-11(10(2)7-9)12(8-13)5-6-12/h3-4,7H,5-6,8,13H2,1-2H3. The van der Waals surface area contributed by atoms with Crippen LogP contribution in [0, 0.1) is 13.8 Å². The van der Waals surface area contributed by atoms with Crippen molar-refractivity contribution in [3.05, 3.63) is 34.9 Å². The summed E-state index contributed by atoms with van der Waals surface area (Å²) < 4.78 is 0. The maximum Gasteiger partial charge on any atom is 0.00788 e. The Morgan fingerprint density at radius 2 is 2.00 bits per heavy atom. The van der Waals surface area contributed by atoms with Crippen molar-refractivity contribution in [2.45, 2.75) is 32.1 Å². The molecule has 70 valence electrons. The van der Waals surface area contributed by atoms with E-state index in [0.29, 0.717) is 5.41 Å². The third kappa shape index (κ3) is 1.37. The van der Waals surface area contributed by atoms with Gasteiger partial charge in [-0.2, -0.15) is 0 Å². The molecule has 1 aromatic rings. The fourth-order valence-electron chi connectivity index (χ4n) is 2.14. The summed E-state index contributed by atoms with van der Waals surface area (Å²) in [5.41, 5.74) is 10.4. The van der Waals surface area contributed by atoms with Crippen LogP contribution in [0.15, 0.2) is 18.2 Å². The molecule has 0 atom stereocenters. The fourth-order valence-corrected chi connectivity index (χ4v) is 2.14. The first kappa shape index (κ1) is 8.76. The maximum absolute atomic E-state index is 5.81. The average molecular weight is 175 g/mol. The van der Waals surface area contributed by atoms with Crippen molar-refractivity contribution in [3.63, 3.8) is 0 Å². The molecule has 0 unspecified atom stereocenters. The van der Waals surface area contributed by atoms with Crippen LogP contribution >= 0.6 is 0 Å². The molecule has 0 aliphatic heterocycles. The first-order chi connectivity index (χ1) is 6.18. The summed E-state index contributed by atoms with van der Waals surface area (Å²) in [6, 6.07) is 6.70. The van der Waals surface area contributed by atoms with Crippen LogP contribution in [-0.4, -0.2) is 6.54 Å². The lowest BCUT2D eigenvalue weighted by Crippen LogP contribution is -2.20. The van der Waals surface area contributed by atoms with E-state index in [1.54, 1.807) is 0 Å². The minimum Gasteiger partial charge on any atom is -0.330 e. The largest absolute Gasteiger partial charge is 0.330 e. The molecule has 1 aliphatic rings. The second-order valence-electron chi connectivity index (χ2n) is 4.30. The zero-order valence-corrected chi connectivity index (χ0v) is 8.43. The first-order valence-electron chi connectivity index (χ1n) is 4.96. The van der Waals surface area contributed by atoms with Crippen molar-refractivity contribution in [2.24, 2.45) is 5.73 Å². The Labute approximate surface area is 80.0 Å². The van der Waals surface area contributed by atoms with Crippen molar-refractivity contribution >= 4 is 0 Å². The number of hydrogen-bond donors (Lipinski definition) is 1. The lowest BCUT2D eigenvalue weighted by Gasteiger charge is -2.16. The van der Waals surface area contributed by atoms with Crippen LogP contribution in [0.2, 0.25) is 0 Å². The number of hydrogen-bond acceptors (Lipinski definition) is 1. The lowest BCUT2D eigenvalue weighted by molar-refractivity contribution is 0.699. The molecule has 1 fully saturated rings. The van der Waals surface area contributed by atoms with Gasteiger partial charge in [0, 0.05) is 12.0 Å². The van der Waals surface area contributed by atoms with Crippen LogP contribution in [0.25, 0.3) is 0 Å². The van der Waals surface area contributed by atoms with E-state index in [-0.39, 0.29) is 0 Å². The van der Waals surface area contributed by atoms with E-state index in [9.17, 15) is 0 Å². The summed E-state index contributed by atoms with van der Waals surface area (Å²) in [5, 5.41) is 0. The van der Waals surface area contributed by atoms with Gasteiger partial charge in [0.2, 0.25) is 0 Å². The summed E-state index contributed by atoms with van der Waals surface area (Å²) >= 11 is 0. The highest BCUT2D eigenvalue weighted by Crippen LogP contribution is 2.48. The number of aryl methyl sites for hydroxylation is 2. The predicted molar refractivity (Wildman–Crippen MR) is 55.9 cm³/mol. The number of nitrogens with two attached hydrogens (primary N) is 1. The summed E-state index contributed by atoms with van der Waals surface area (Å²) in [5.74, 6) is 0. The molecule has 1 aliphatic carbocycles. The van der Waals surface area contributed by atoms with Crippen LogP contribution < -0.4 is 5.73 Å². The van der Waals surface area contributed by atoms with Gasteiger partial charge >= 0.3 is 0 Å². The third-order valence-electron chi connectivity index (χ3n) is 3.20. The van der Waals surface area contributed by atoms with Crippen LogP contribution in [-0.2, 0) is 5.41 Å². The van der Waals surface area contributed by atoms with Crippen LogP contribution in [0.4, 0.5) is 0 Å². The van der Waals surface area contributed by atoms with Gasteiger partial charge < -0.3 is 5.73 Å². The Morgan fingerprint density at radius 1 is 1.31 bits per heavy atom. The Kier molecular flexibility index (Phi) is 1.92. The Bertz CT molecular complexity index is 324. The molecule has 1 heteroatoms.